The SMILES string of the molecule is C=C1[C@@H](Nc2nc(N)[nH]c(=O)c2N)C[C@H](OCc2ccccc2)[C@H]1COCc1ccccc1. The first-order chi connectivity index (χ1) is 16.0. The molecule has 33 heavy (non-hydrogen) atoms. The zero-order valence-corrected chi connectivity index (χ0v) is 18.4. The van der Waals surface area contributed by atoms with Crippen LogP contribution < -0.4 is 22.3 Å². The van der Waals surface area contributed by atoms with Crippen LogP contribution in [0.5, 0.6) is 0 Å². The van der Waals surface area contributed by atoms with Gasteiger partial charge in [-0.2, -0.15) is 4.98 Å². The van der Waals surface area contributed by atoms with E-state index < -0.39 is 5.56 Å². The molecule has 1 aromatic heterocycles. The quantitative estimate of drug-likeness (QED) is 0.371. The molecule has 0 radical (unpaired) electrons. The van der Waals surface area contributed by atoms with Crippen molar-refractivity contribution in [2.45, 2.75) is 31.8 Å². The highest BCUT2D eigenvalue weighted by Gasteiger charge is 2.39. The standard InChI is InChI=1S/C25H29N5O3/c1-16-19(15-32-13-17-8-4-2-5-9-17)21(33-14-18-10-6-3-7-11-18)12-20(16)28-23-22(26)24(31)30-25(27)29-23/h2-11,19-21H,1,12-15,26H2,(H4,27,28,29,30,31)/t19-,20-,21-/m0/s1. The minimum absolute atomic E-state index is 0.0000637. The summed E-state index contributed by atoms with van der Waals surface area (Å²) in [7, 11) is 0. The third-order valence-electron chi connectivity index (χ3n) is 5.84. The number of aromatic nitrogens is 2. The maximum atomic E-state index is 12.0. The van der Waals surface area contributed by atoms with Crippen LogP contribution in [0, 0.1) is 5.92 Å². The second kappa shape index (κ2) is 10.3. The number of anilines is 3. The minimum atomic E-state index is -0.478. The lowest BCUT2D eigenvalue weighted by atomic mass is 10.0. The highest BCUT2D eigenvalue weighted by molar-refractivity contribution is 5.62. The number of aromatic amines is 1. The number of nitrogens with two attached hydrogens (primary N) is 2. The fourth-order valence-electron chi connectivity index (χ4n) is 4.03. The van der Waals surface area contributed by atoms with Gasteiger partial charge in [0.25, 0.3) is 5.56 Å². The van der Waals surface area contributed by atoms with Gasteiger partial charge in [-0.15, -0.1) is 0 Å². The van der Waals surface area contributed by atoms with Gasteiger partial charge in [-0.25, -0.2) is 0 Å². The van der Waals surface area contributed by atoms with Gasteiger partial charge >= 0.3 is 0 Å². The van der Waals surface area contributed by atoms with Crippen molar-refractivity contribution in [2.75, 3.05) is 23.4 Å². The first-order valence-corrected chi connectivity index (χ1v) is 10.9. The normalized spacial score (nSPS) is 20.1. The van der Waals surface area contributed by atoms with E-state index in [0.29, 0.717) is 26.2 Å². The molecule has 3 aromatic rings. The van der Waals surface area contributed by atoms with Crippen molar-refractivity contribution in [3.8, 4) is 0 Å². The molecule has 0 bridgehead atoms. The molecule has 3 atom stereocenters. The van der Waals surface area contributed by atoms with Gasteiger partial charge in [-0.3, -0.25) is 9.78 Å². The van der Waals surface area contributed by atoms with E-state index >= 15 is 0 Å². The molecule has 1 fully saturated rings. The summed E-state index contributed by atoms with van der Waals surface area (Å²) in [6.45, 7) is 5.77. The van der Waals surface area contributed by atoms with E-state index in [-0.39, 0.29) is 35.5 Å². The zero-order valence-electron chi connectivity index (χ0n) is 18.4. The number of benzene rings is 2. The van der Waals surface area contributed by atoms with Crippen LogP contribution in [0.4, 0.5) is 17.5 Å². The molecular weight excluding hydrogens is 418 g/mol. The van der Waals surface area contributed by atoms with Gasteiger partial charge in [-0.1, -0.05) is 67.2 Å². The summed E-state index contributed by atoms with van der Waals surface area (Å²) in [4.78, 5) is 18.5. The lowest BCUT2D eigenvalue weighted by Gasteiger charge is -2.21. The van der Waals surface area contributed by atoms with Crippen LogP contribution in [0.1, 0.15) is 17.5 Å². The Labute approximate surface area is 192 Å². The van der Waals surface area contributed by atoms with Crippen molar-refractivity contribution >= 4 is 17.5 Å². The van der Waals surface area contributed by atoms with Crippen molar-refractivity contribution < 1.29 is 9.47 Å². The number of nitrogen functional groups attached to an aromatic ring is 2. The maximum Gasteiger partial charge on any atom is 0.277 e. The molecule has 1 saturated carbocycles. The van der Waals surface area contributed by atoms with Crippen LogP contribution in [0.15, 0.2) is 77.6 Å². The van der Waals surface area contributed by atoms with Crippen molar-refractivity contribution in [3.63, 3.8) is 0 Å². The highest BCUT2D eigenvalue weighted by Crippen LogP contribution is 2.36. The monoisotopic (exact) mass is 447 g/mol. The molecule has 0 amide bonds. The molecule has 4 rings (SSSR count). The average Bonchev–Trinajstić information content (AvgIpc) is 3.11. The van der Waals surface area contributed by atoms with E-state index in [1.54, 1.807) is 0 Å². The Morgan fingerprint density at radius 3 is 2.33 bits per heavy atom. The second-order valence-electron chi connectivity index (χ2n) is 8.16. The Kier molecular flexibility index (Phi) is 7.07. The molecule has 8 heteroatoms. The molecule has 1 aliphatic rings. The van der Waals surface area contributed by atoms with E-state index in [0.717, 1.165) is 16.7 Å². The van der Waals surface area contributed by atoms with Crippen LogP contribution >= 0.6 is 0 Å². The molecule has 0 unspecified atom stereocenters. The smallest absolute Gasteiger partial charge is 0.277 e. The van der Waals surface area contributed by atoms with E-state index in [1.165, 1.54) is 0 Å². The fraction of sp³-hybridized carbons (Fsp3) is 0.280. The van der Waals surface area contributed by atoms with Gasteiger partial charge < -0.3 is 26.3 Å². The number of H-pyrrole nitrogens is 1. The summed E-state index contributed by atoms with van der Waals surface area (Å²) < 4.78 is 12.3. The third kappa shape index (κ3) is 5.60. The van der Waals surface area contributed by atoms with Gasteiger partial charge in [0.2, 0.25) is 5.95 Å². The van der Waals surface area contributed by atoms with Crippen LogP contribution in [0.2, 0.25) is 0 Å². The summed E-state index contributed by atoms with van der Waals surface area (Å²) in [5, 5.41) is 3.24. The summed E-state index contributed by atoms with van der Waals surface area (Å²) >= 11 is 0. The maximum absolute atomic E-state index is 12.0. The molecule has 0 aliphatic heterocycles. The predicted octanol–water partition coefficient (Wildman–Crippen LogP) is 3.09. The van der Waals surface area contributed by atoms with Gasteiger partial charge in [0.1, 0.15) is 5.69 Å². The summed E-state index contributed by atoms with van der Waals surface area (Å²) in [5.41, 5.74) is 14.2. The first kappa shape index (κ1) is 22.6. The van der Waals surface area contributed by atoms with E-state index in [1.807, 2.05) is 60.7 Å². The molecule has 2 aromatic carbocycles. The summed E-state index contributed by atoms with van der Waals surface area (Å²) in [6.07, 6.45) is 0.519. The van der Waals surface area contributed by atoms with Crippen molar-refractivity contribution in [3.05, 3.63) is 94.3 Å². The Hall–Kier alpha value is -3.62. The van der Waals surface area contributed by atoms with Gasteiger partial charge in [-0.05, 0) is 23.1 Å². The molecular formula is C25H29N5O3. The van der Waals surface area contributed by atoms with Crippen molar-refractivity contribution in [1.29, 1.82) is 0 Å². The molecule has 172 valence electrons. The Bertz CT molecular complexity index is 1130. The molecule has 1 heterocycles. The van der Waals surface area contributed by atoms with Gasteiger partial charge in [0.05, 0.1) is 32.0 Å². The lowest BCUT2D eigenvalue weighted by molar-refractivity contribution is -0.0114. The van der Waals surface area contributed by atoms with Crippen LogP contribution in [-0.4, -0.2) is 28.7 Å². The van der Waals surface area contributed by atoms with E-state index in [9.17, 15) is 4.79 Å². The minimum Gasteiger partial charge on any atom is -0.391 e. The number of nitrogens with one attached hydrogen (secondary N) is 2. The Morgan fingerprint density at radius 1 is 1.03 bits per heavy atom. The first-order valence-electron chi connectivity index (χ1n) is 10.9. The lowest BCUT2D eigenvalue weighted by Crippen LogP contribution is -2.25. The third-order valence-corrected chi connectivity index (χ3v) is 5.84. The topological polar surface area (TPSA) is 128 Å². The van der Waals surface area contributed by atoms with Gasteiger partial charge in [0.15, 0.2) is 5.82 Å². The fourth-order valence-corrected chi connectivity index (χ4v) is 4.03. The Balaban J connectivity index is 1.47. The number of rotatable bonds is 9. The van der Waals surface area contributed by atoms with Gasteiger partial charge in [0, 0.05) is 5.92 Å². The molecule has 0 saturated heterocycles. The molecule has 6 N–H and O–H groups in total. The van der Waals surface area contributed by atoms with E-state index in [2.05, 4.69) is 21.9 Å². The Morgan fingerprint density at radius 2 is 1.67 bits per heavy atom. The van der Waals surface area contributed by atoms with Crippen molar-refractivity contribution in [1.82, 2.24) is 9.97 Å². The largest absolute Gasteiger partial charge is 0.391 e. The number of ether oxygens (including phenoxy) is 2. The average molecular weight is 448 g/mol. The summed E-state index contributed by atoms with van der Waals surface area (Å²) in [5.74, 6) is 0.213. The molecule has 1 aliphatic carbocycles. The van der Waals surface area contributed by atoms with Crippen LogP contribution in [0.25, 0.3) is 0 Å². The van der Waals surface area contributed by atoms with E-state index in [4.69, 9.17) is 20.9 Å². The number of hydrogen-bond donors (Lipinski definition) is 4. The summed E-state index contributed by atoms with van der Waals surface area (Å²) in [6, 6.07) is 19.9. The highest BCUT2D eigenvalue weighted by atomic mass is 16.5. The van der Waals surface area contributed by atoms with Crippen molar-refractivity contribution in [2.24, 2.45) is 5.92 Å². The predicted molar refractivity (Wildman–Crippen MR) is 129 cm³/mol. The molecule has 0 spiro atoms. The second-order valence-corrected chi connectivity index (χ2v) is 8.16. The van der Waals surface area contributed by atoms with Crippen LogP contribution in [-0.2, 0) is 22.7 Å². The molecule has 8 nitrogen and oxygen atoms in total. The number of nitrogens with zero attached hydrogens (tertiary/aromatic N) is 1. The number of hydrogen-bond acceptors (Lipinski definition) is 7. The zero-order chi connectivity index (χ0) is 23.2. The van der Waals surface area contributed by atoms with Crippen LogP contribution in [0.3, 0.4) is 0 Å².